The van der Waals surface area contributed by atoms with Crippen LogP contribution in [-0.4, -0.2) is 48.8 Å². The summed E-state index contributed by atoms with van der Waals surface area (Å²) in [5.41, 5.74) is 0. The molecule has 18 heavy (non-hydrogen) atoms. The van der Waals surface area contributed by atoms with Crippen molar-refractivity contribution in [2.24, 2.45) is 0 Å². The number of nitrogens with zero attached hydrogens (tertiary/aromatic N) is 5. The molecule has 1 unspecified atom stereocenters. The van der Waals surface area contributed by atoms with E-state index in [1.165, 1.54) is 0 Å². The summed E-state index contributed by atoms with van der Waals surface area (Å²) in [6, 6.07) is -0.0284. The third-order valence-electron chi connectivity index (χ3n) is 2.89. The van der Waals surface area contributed by atoms with Crippen LogP contribution in [0.25, 0.3) is 0 Å². The molecule has 1 N–H and O–H groups in total. The van der Waals surface area contributed by atoms with E-state index < -0.39 is 5.97 Å². The number of carboxylic acids is 1. The van der Waals surface area contributed by atoms with E-state index in [9.17, 15) is 4.79 Å². The largest absolute Gasteiger partial charge is 0.481 e. The van der Waals surface area contributed by atoms with Crippen LogP contribution < -0.4 is 0 Å². The summed E-state index contributed by atoms with van der Waals surface area (Å²) in [7, 11) is 0. The number of hydrogen-bond acceptors (Lipinski definition) is 5. The molecule has 0 fully saturated rings. The van der Waals surface area contributed by atoms with Gasteiger partial charge in [0.15, 0.2) is 5.82 Å². The molecule has 0 saturated heterocycles. The van der Waals surface area contributed by atoms with Gasteiger partial charge in [0, 0.05) is 12.6 Å². The lowest BCUT2D eigenvalue weighted by Crippen LogP contribution is -2.35. The standard InChI is InChI=1S/C11H21N5O2/c1-4-6-16-10(12-13-14-16)8-15(5-2)9(3)7-11(17)18/h9H,4-8H2,1-3H3,(H,17,18). The van der Waals surface area contributed by atoms with E-state index in [4.69, 9.17) is 5.11 Å². The third-order valence-corrected chi connectivity index (χ3v) is 2.89. The number of tetrazole rings is 1. The topological polar surface area (TPSA) is 84.1 Å². The van der Waals surface area contributed by atoms with Gasteiger partial charge in [0.2, 0.25) is 0 Å². The van der Waals surface area contributed by atoms with Crippen LogP contribution in [-0.2, 0) is 17.9 Å². The van der Waals surface area contributed by atoms with E-state index >= 15 is 0 Å². The van der Waals surface area contributed by atoms with Crippen LogP contribution in [0, 0.1) is 0 Å². The highest BCUT2D eigenvalue weighted by Crippen LogP contribution is 2.08. The van der Waals surface area contributed by atoms with Gasteiger partial charge in [-0.15, -0.1) is 5.10 Å². The molecule has 0 spiro atoms. The third kappa shape index (κ3) is 4.06. The number of aryl methyl sites for hydroxylation is 1. The van der Waals surface area contributed by atoms with Crippen molar-refractivity contribution in [3.63, 3.8) is 0 Å². The van der Waals surface area contributed by atoms with Crippen molar-refractivity contribution in [1.82, 2.24) is 25.1 Å². The Kier molecular flexibility index (Phi) is 5.70. The van der Waals surface area contributed by atoms with Crippen LogP contribution in [0.2, 0.25) is 0 Å². The average molecular weight is 255 g/mol. The Morgan fingerprint density at radius 3 is 2.78 bits per heavy atom. The summed E-state index contributed by atoms with van der Waals surface area (Å²) < 4.78 is 1.77. The van der Waals surface area contributed by atoms with E-state index in [1.54, 1.807) is 4.68 Å². The molecule has 0 aliphatic rings. The minimum Gasteiger partial charge on any atom is -0.481 e. The van der Waals surface area contributed by atoms with Crippen molar-refractivity contribution in [3.8, 4) is 0 Å². The zero-order valence-electron chi connectivity index (χ0n) is 11.2. The maximum absolute atomic E-state index is 10.7. The summed E-state index contributed by atoms with van der Waals surface area (Å²) in [5, 5.41) is 20.4. The molecule has 0 aliphatic carbocycles. The Labute approximate surface area is 107 Å². The van der Waals surface area contributed by atoms with Crippen molar-refractivity contribution < 1.29 is 9.90 Å². The quantitative estimate of drug-likeness (QED) is 0.738. The average Bonchev–Trinajstić information content (AvgIpc) is 2.72. The number of carbonyl (C=O) groups is 1. The predicted octanol–water partition coefficient (Wildman–Crippen LogP) is 0.768. The normalized spacial score (nSPS) is 12.9. The highest BCUT2D eigenvalue weighted by Gasteiger charge is 2.18. The number of aromatic nitrogens is 4. The molecule has 1 atom stereocenters. The lowest BCUT2D eigenvalue weighted by Gasteiger charge is -2.25. The zero-order chi connectivity index (χ0) is 13.5. The van der Waals surface area contributed by atoms with E-state index in [0.29, 0.717) is 6.54 Å². The monoisotopic (exact) mass is 255 g/mol. The maximum Gasteiger partial charge on any atom is 0.304 e. The SMILES string of the molecule is CCCn1nnnc1CN(CC)C(C)CC(=O)O. The molecule has 0 saturated carbocycles. The fourth-order valence-electron chi connectivity index (χ4n) is 1.86. The first-order valence-corrected chi connectivity index (χ1v) is 6.29. The predicted molar refractivity (Wildman–Crippen MR) is 65.9 cm³/mol. The summed E-state index contributed by atoms with van der Waals surface area (Å²) in [6.07, 6.45) is 1.10. The van der Waals surface area contributed by atoms with Gasteiger partial charge in [-0.05, 0) is 30.3 Å². The van der Waals surface area contributed by atoms with Crippen LogP contribution in [0.15, 0.2) is 0 Å². The van der Waals surface area contributed by atoms with Gasteiger partial charge in [-0.1, -0.05) is 13.8 Å². The smallest absolute Gasteiger partial charge is 0.304 e. The maximum atomic E-state index is 10.7. The van der Waals surface area contributed by atoms with Crippen molar-refractivity contribution in [1.29, 1.82) is 0 Å². The molecule has 0 bridgehead atoms. The Bertz CT molecular complexity index is 379. The van der Waals surface area contributed by atoms with Gasteiger partial charge < -0.3 is 5.11 Å². The fraction of sp³-hybridized carbons (Fsp3) is 0.818. The Balaban J connectivity index is 2.66. The number of carboxylic acid groups (broad SMARTS) is 1. The van der Waals surface area contributed by atoms with Gasteiger partial charge in [-0.3, -0.25) is 9.69 Å². The van der Waals surface area contributed by atoms with Crippen molar-refractivity contribution >= 4 is 5.97 Å². The van der Waals surface area contributed by atoms with Crippen molar-refractivity contribution in [3.05, 3.63) is 5.82 Å². The van der Waals surface area contributed by atoms with Crippen LogP contribution in [0.5, 0.6) is 0 Å². The minimum atomic E-state index is -0.783. The molecule has 1 rings (SSSR count). The van der Waals surface area contributed by atoms with E-state index in [0.717, 1.165) is 25.3 Å². The fourth-order valence-corrected chi connectivity index (χ4v) is 1.86. The summed E-state index contributed by atoms with van der Waals surface area (Å²) in [6.45, 7) is 8.12. The summed E-state index contributed by atoms with van der Waals surface area (Å²) >= 11 is 0. The second kappa shape index (κ2) is 7.05. The highest BCUT2D eigenvalue weighted by molar-refractivity contribution is 5.67. The molecular weight excluding hydrogens is 234 g/mol. The van der Waals surface area contributed by atoms with Gasteiger partial charge >= 0.3 is 5.97 Å². The lowest BCUT2D eigenvalue weighted by atomic mass is 10.2. The van der Waals surface area contributed by atoms with Gasteiger partial charge in [-0.2, -0.15) is 0 Å². The number of rotatable bonds is 8. The second-order valence-electron chi connectivity index (χ2n) is 4.33. The van der Waals surface area contributed by atoms with E-state index in [1.807, 2.05) is 13.8 Å². The molecule has 1 aromatic rings. The van der Waals surface area contributed by atoms with Gasteiger partial charge in [0.1, 0.15) is 0 Å². The molecule has 102 valence electrons. The molecule has 1 heterocycles. The number of aliphatic carboxylic acids is 1. The molecule has 0 radical (unpaired) electrons. The molecule has 0 amide bonds. The number of hydrogen-bond donors (Lipinski definition) is 1. The van der Waals surface area contributed by atoms with Crippen molar-refractivity contribution in [2.45, 2.75) is 52.7 Å². The van der Waals surface area contributed by atoms with Gasteiger partial charge in [-0.25, -0.2) is 4.68 Å². The summed E-state index contributed by atoms with van der Waals surface area (Å²) in [5.74, 6) is 0.00467. The molecule has 1 aromatic heterocycles. The zero-order valence-corrected chi connectivity index (χ0v) is 11.2. The van der Waals surface area contributed by atoms with Crippen LogP contribution in [0.3, 0.4) is 0 Å². The Morgan fingerprint density at radius 2 is 2.22 bits per heavy atom. The Morgan fingerprint density at radius 1 is 1.50 bits per heavy atom. The van der Waals surface area contributed by atoms with Crippen LogP contribution >= 0.6 is 0 Å². The molecule has 0 aromatic carbocycles. The first kappa shape index (κ1) is 14.6. The molecule has 7 nitrogen and oxygen atoms in total. The Hall–Kier alpha value is -1.50. The van der Waals surface area contributed by atoms with Crippen LogP contribution in [0.4, 0.5) is 0 Å². The minimum absolute atomic E-state index is 0.0284. The van der Waals surface area contributed by atoms with Crippen LogP contribution in [0.1, 0.15) is 39.4 Å². The van der Waals surface area contributed by atoms with Gasteiger partial charge in [0.25, 0.3) is 0 Å². The first-order valence-electron chi connectivity index (χ1n) is 6.29. The first-order chi connectivity index (χ1) is 8.58. The van der Waals surface area contributed by atoms with E-state index in [-0.39, 0.29) is 12.5 Å². The van der Waals surface area contributed by atoms with Gasteiger partial charge in [0.05, 0.1) is 13.0 Å². The lowest BCUT2D eigenvalue weighted by molar-refractivity contribution is -0.138. The van der Waals surface area contributed by atoms with E-state index in [2.05, 4.69) is 27.3 Å². The second-order valence-corrected chi connectivity index (χ2v) is 4.33. The van der Waals surface area contributed by atoms with Crippen molar-refractivity contribution in [2.75, 3.05) is 6.54 Å². The molecular formula is C11H21N5O2. The molecule has 0 aliphatic heterocycles. The molecule has 7 heteroatoms. The summed E-state index contributed by atoms with van der Waals surface area (Å²) in [4.78, 5) is 12.8. The highest BCUT2D eigenvalue weighted by atomic mass is 16.4.